The van der Waals surface area contributed by atoms with Crippen LogP contribution in [0.25, 0.3) is 0 Å². The van der Waals surface area contributed by atoms with Crippen LogP contribution in [0.4, 0.5) is 11.4 Å². The SMILES string of the molecule is Cc1cccc(C)c1NC(=O)CNc1cccc(S(=O)(=O)N2CCCCCC2)c1. The number of nitrogens with one attached hydrogen (secondary N) is 2. The van der Waals surface area contributed by atoms with Crippen molar-refractivity contribution in [2.45, 2.75) is 44.4 Å². The van der Waals surface area contributed by atoms with Crippen LogP contribution in [-0.4, -0.2) is 38.3 Å². The van der Waals surface area contributed by atoms with Crippen molar-refractivity contribution in [3.05, 3.63) is 53.6 Å². The summed E-state index contributed by atoms with van der Waals surface area (Å²) in [4.78, 5) is 12.6. The van der Waals surface area contributed by atoms with E-state index in [0.717, 1.165) is 42.5 Å². The van der Waals surface area contributed by atoms with Gasteiger partial charge in [-0.2, -0.15) is 4.31 Å². The summed E-state index contributed by atoms with van der Waals surface area (Å²) in [6, 6.07) is 12.5. The van der Waals surface area contributed by atoms with Gasteiger partial charge in [0, 0.05) is 24.5 Å². The molecule has 1 aliphatic heterocycles. The van der Waals surface area contributed by atoms with Crippen molar-refractivity contribution < 1.29 is 13.2 Å². The van der Waals surface area contributed by atoms with Crippen molar-refractivity contribution >= 4 is 27.3 Å². The zero-order chi connectivity index (χ0) is 20.9. The minimum atomic E-state index is -3.51. The van der Waals surface area contributed by atoms with Crippen molar-refractivity contribution in [3.8, 4) is 0 Å². The number of aryl methyl sites for hydroxylation is 2. The normalized spacial score (nSPS) is 15.5. The van der Waals surface area contributed by atoms with Crippen LogP contribution < -0.4 is 10.6 Å². The summed E-state index contributed by atoms with van der Waals surface area (Å²) < 4.78 is 27.5. The molecule has 6 nitrogen and oxygen atoms in total. The first-order valence-corrected chi connectivity index (χ1v) is 11.5. The molecule has 0 spiro atoms. The highest BCUT2D eigenvalue weighted by molar-refractivity contribution is 7.89. The third-order valence-electron chi connectivity index (χ3n) is 5.24. The van der Waals surface area contributed by atoms with Gasteiger partial charge in [-0.05, 0) is 56.0 Å². The Hall–Kier alpha value is -2.38. The van der Waals surface area contributed by atoms with Crippen molar-refractivity contribution in [2.24, 2.45) is 0 Å². The van der Waals surface area contributed by atoms with Gasteiger partial charge in [0.2, 0.25) is 15.9 Å². The van der Waals surface area contributed by atoms with Crippen molar-refractivity contribution in [3.63, 3.8) is 0 Å². The van der Waals surface area contributed by atoms with Gasteiger partial charge in [0.1, 0.15) is 0 Å². The fraction of sp³-hybridized carbons (Fsp3) is 0.409. The van der Waals surface area contributed by atoms with Crippen LogP contribution in [0.2, 0.25) is 0 Å². The number of hydrogen-bond acceptors (Lipinski definition) is 4. The molecule has 156 valence electrons. The number of nitrogens with zero attached hydrogens (tertiary/aromatic N) is 1. The Morgan fingerprint density at radius 1 is 0.966 bits per heavy atom. The molecule has 7 heteroatoms. The molecule has 0 atom stereocenters. The Morgan fingerprint density at radius 3 is 2.24 bits per heavy atom. The number of anilines is 2. The lowest BCUT2D eigenvalue weighted by molar-refractivity contribution is -0.114. The van der Waals surface area contributed by atoms with Crippen LogP contribution in [0.1, 0.15) is 36.8 Å². The molecular weight excluding hydrogens is 386 g/mol. The molecule has 0 saturated carbocycles. The van der Waals surface area contributed by atoms with E-state index in [-0.39, 0.29) is 17.3 Å². The molecule has 2 aromatic rings. The monoisotopic (exact) mass is 415 g/mol. The molecular formula is C22H29N3O3S. The highest BCUT2D eigenvalue weighted by Gasteiger charge is 2.25. The second-order valence-corrected chi connectivity index (χ2v) is 9.45. The van der Waals surface area contributed by atoms with Crippen LogP contribution in [-0.2, 0) is 14.8 Å². The predicted molar refractivity (Wildman–Crippen MR) is 117 cm³/mol. The van der Waals surface area contributed by atoms with Gasteiger partial charge < -0.3 is 10.6 Å². The summed E-state index contributed by atoms with van der Waals surface area (Å²) in [7, 11) is -3.51. The number of rotatable bonds is 6. The summed E-state index contributed by atoms with van der Waals surface area (Å²) in [5.41, 5.74) is 3.43. The minimum absolute atomic E-state index is 0.0565. The molecule has 1 heterocycles. The van der Waals surface area contributed by atoms with E-state index < -0.39 is 10.0 Å². The first-order valence-electron chi connectivity index (χ1n) is 10.1. The van der Waals surface area contributed by atoms with E-state index in [1.807, 2.05) is 32.0 Å². The van der Waals surface area contributed by atoms with E-state index in [1.54, 1.807) is 28.6 Å². The molecule has 1 fully saturated rings. The lowest BCUT2D eigenvalue weighted by Crippen LogP contribution is -2.32. The molecule has 2 N–H and O–H groups in total. The average Bonchev–Trinajstić information content (AvgIpc) is 3.00. The molecule has 2 aromatic carbocycles. The second-order valence-electron chi connectivity index (χ2n) is 7.51. The molecule has 0 bridgehead atoms. The quantitative estimate of drug-likeness (QED) is 0.750. The predicted octanol–water partition coefficient (Wildman–Crippen LogP) is 3.92. The van der Waals surface area contributed by atoms with Crippen molar-refractivity contribution in [1.82, 2.24) is 4.31 Å². The molecule has 3 rings (SSSR count). The summed E-state index contributed by atoms with van der Waals surface area (Å²) >= 11 is 0. The summed E-state index contributed by atoms with van der Waals surface area (Å²) in [5.74, 6) is -0.178. The van der Waals surface area contributed by atoms with Crippen LogP contribution in [0.3, 0.4) is 0 Å². The number of amides is 1. The molecule has 1 aliphatic rings. The van der Waals surface area contributed by atoms with Gasteiger partial charge in [-0.15, -0.1) is 0 Å². The van der Waals surface area contributed by atoms with Crippen LogP contribution >= 0.6 is 0 Å². The number of carbonyl (C=O) groups excluding carboxylic acids is 1. The van der Waals surface area contributed by atoms with Gasteiger partial charge in [0.05, 0.1) is 11.4 Å². The van der Waals surface area contributed by atoms with E-state index in [4.69, 9.17) is 0 Å². The Labute approximate surface area is 173 Å². The summed E-state index contributed by atoms with van der Waals surface area (Å²) in [6.45, 7) is 5.09. The molecule has 1 saturated heterocycles. The fourth-order valence-corrected chi connectivity index (χ4v) is 5.14. The summed E-state index contributed by atoms with van der Waals surface area (Å²) in [5, 5.41) is 5.96. The number of benzene rings is 2. The third kappa shape index (κ3) is 5.36. The Bertz CT molecular complexity index is 945. The maximum atomic E-state index is 13.0. The molecule has 0 aliphatic carbocycles. The highest BCUT2D eigenvalue weighted by Crippen LogP contribution is 2.23. The smallest absolute Gasteiger partial charge is 0.243 e. The first-order chi connectivity index (χ1) is 13.9. The van der Waals surface area contributed by atoms with Gasteiger partial charge in [-0.25, -0.2) is 8.42 Å². The van der Waals surface area contributed by atoms with Crippen LogP contribution in [0, 0.1) is 13.8 Å². The zero-order valence-electron chi connectivity index (χ0n) is 17.1. The largest absolute Gasteiger partial charge is 0.376 e. The van der Waals surface area contributed by atoms with Gasteiger partial charge in [0.25, 0.3) is 0 Å². The second kappa shape index (κ2) is 9.41. The maximum Gasteiger partial charge on any atom is 0.243 e. The van der Waals surface area contributed by atoms with Gasteiger partial charge >= 0.3 is 0 Å². The molecule has 0 radical (unpaired) electrons. The lowest BCUT2D eigenvalue weighted by atomic mass is 10.1. The van der Waals surface area contributed by atoms with E-state index in [2.05, 4.69) is 10.6 Å². The molecule has 1 amide bonds. The zero-order valence-corrected chi connectivity index (χ0v) is 17.9. The number of para-hydroxylation sites is 1. The van der Waals surface area contributed by atoms with Crippen LogP contribution in [0.15, 0.2) is 47.4 Å². The van der Waals surface area contributed by atoms with Crippen molar-refractivity contribution in [1.29, 1.82) is 0 Å². The van der Waals surface area contributed by atoms with Crippen LogP contribution in [0.5, 0.6) is 0 Å². The highest BCUT2D eigenvalue weighted by atomic mass is 32.2. The van der Waals surface area contributed by atoms with E-state index in [1.165, 1.54) is 0 Å². The Kier molecular flexibility index (Phi) is 6.92. The van der Waals surface area contributed by atoms with Crippen molar-refractivity contribution in [2.75, 3.05) is 30.3 Å². The average molecular weight is 416 g/mol. The summed E-state index contributed by atoms with van der Waals surface area (Å²) in [6.07, 6.45) is 3.94. The number of hydrogen-bond donors (Lipinski definition) is 2. The standard InChI is InChI=1S/C22H29N3O3S/c1-17-9-7-10-18(2)22(17)24-21(26)16-23-19-11-8-12-20(15-19)29(27,28)25-13-5-3-4-6-14-25/h7-12,15,23H,3-6,13-14,16H2,1-2H3,(H,24,26). The van der Waals surface area contributed by atoms with E-state index >= 15 is 0 Å². The third-order valence-corrected chi connectivity index (χ3v) is 7.13. The topological polar surface area (TPSA) is 78.5 Å². The molecule has 29 heavy (non-hydrogen) atoms. The minimum Gasteiger partial charge on any atom is -0.376 e. The number of carbonyl (C=O) groups is 1. The van der Waals surface area contributed by atoms with E-state index in [9.17, 15) is 13.2 Å². The van der Waals surface area contributed by atoms with Gasteiger partial charge in [-0.3, -0.25) is 4.79 Å². The first kappa shape index (κ1) is 21.3. The Balaban J connectivity index is 1.66. The number of sulfonamides is 1. The maximum absolute atomic E-state index is 13.0. The van der Waals surface area contributed by atoms with Gasteiger partial charge in [0.15, 0.2) is 0 Å². The van der Waals surface area contributed by atoms with E-state index in [0.29, 0.717) is 18.8 Å². The Morgan fingerprint density at radius 2 is 1.59 bits per heavy atom. The van der Waals surface area contributed by atoms with Gasteiger partial charge in [-0.1, -0.05) is 37.1 Å². The molecule has 0 aromatic heterocycles. The lowest BCUT2D eigenvalue weighted by Gasteiger charge is -2.20. The fourth-order valence-electron chi connectivity index (χ4n) is 3.58. The molecule has 0 unspecified atom stereocenters.